The van der Waals surface area contributed by atoms with Crippen molar-refractivity contribution in [3.05, 3.63) is 65.7 Å². The molecule has 0 amide bonds. The second kappa shape index (κ2) is 6.77. The van der Waals surface area contributed by atoms with Crippen molar-refractivity contribution in [2.45, 2.75) is 6.42 Å². The third-order valence-corrected chi connectivity index (χ3v) is 3.89. The van der Waals surface area contributed by atoms with Crippen LogP contribution in [0.4, 0.5) is 0 Å². The molecule has 0 aromatic heterocycles. The fourth-order valence-electron chi connectivity index (χ4n) is 1.79. The molecule has 2 aromatic rings. The van der Waals surface area contributed by atoms with Crippen LogP contribution in [0.2, 0.25) is 0 Å². The van der Waals surface area contributed by atoms with Gasteiger partial charge in [0, 0.05) is 10.7 Å². The molecule has 5 heteroatoms. The highest BCUT2D eigenvalue weighted by atomic mass is 35.7. The molecule has 106 valence electrons. The number of hydrogen-bond donors (Lipinski definition) is 0. The molecule has 0 fully saturated rings. The number of ether oxygens (including phenoxy) is 1. The molecular weight excluding hydrogens is 296 g/mol. The molecule has 3 nitrogen and oxygen atoms in total. The van der Waals surface area contributed by atoms with Crippen LogP contribution in [-0.2, 0) is 15.5 Å². The summed E-state index contributed by atoms with van der Waals surface area (Å²) >= 11 is 0. The minimum absolute atomic E-state index is 0.0594. The van der Waals surface area contributed by atoms with E-state index in [1.54, 1.807) is 0 Å². The van der Waals surface area contributed by atoms with Gasteiger partial charge in [-0.25, -0.2) is 8.42 Å². The summed E-state index contributed by atoms with van der Waals surface area (Å²) < 4.78 is 26.9. The van der Waals surface area contributed by atoms with Gasteiger partial charge in [0.25, 0.3) is 0 Å². The fraction of sp³-hybridized carbons (Fsp3) is 0.200. The number of halogens is 1. The van der Waals surface area contributed by atoms with Gasteiger partial charge in [0.05, 0.1) is 5.75 Å². The van der Waals surface area contributed by atoms with Gasteiger partial charge in [0.1, 0.15) is 12.4 Å². The second-order valence-electron chi connectivity index (χ2n) is 4.40. The van der Waals surface area contributed by atoms with Crippen molar-refractivity contribution in [1.82, 2.24) is 0 Å². The molecule has 0 heterocycles. The number of rotatable bonds is 6. The Bertz CT molecular complexity index is 637. The Morgan fingerprint density at radius 1 is 0.900 bits per heavy atom. The third kappa shape index (κ3) is 5.23. The molecule has 0 saturated carbocycles. The third-order valence-electron chi connectivity index (χ3n) is 2.77. The smallest absolute Gasteiger partial charge is 0.235 e. The second-order valence-corrected chi connectivity index (χ2v) is 7.29. The van der Waals surface area contributed by atoms with E-state index in [9.17, 15) is 8.42 Å². The molecule has 2 aromatic carbocycles. The highest BCUT2D eigenvalue weighted by Gasteiger charge is 2.05. The van der Waals surface area contributed by atoms with Crippen molar-refractivity contribution >= 4 is 19.7 Å². The Labute approximate surface area is 123 Å². The van der Waals surface area contributed by atoms with Gasteiger partial charge in [-0.05, 0) is 29.7 Å². The van der Waals surface area contributed by atoms with Crippen molar-refractivity contribution in [2.24, 2.45) is 0 Å². The molecule has 20 heavy (non-hydrogen) atoms. The van der Waals surface area contributed by atoms with E-state index in [1.165, 1.54) is 11.1 Å². The van der Waals surface area contributed by atoms with Crippen LogP contribution in [0.1, 0.15) is 11.1 Å². The van der Waals surface area contributed by atoms with E-state index in [0.717, 1.165) is 6.42 Å². The molecule has 0 unspecified atom stereocenters. The van der Waals surface area contributed by atoms with E-state index in [-0.39, 0.29) is 12.4 Å². The Morgan fingerprint density at radius 3 is 2.10 bits per heavy atom. The Kier molecular flexibility index (Phi) is 5.04. The van der Waals surface area contributed by atoms with E-state index < -0.39 is 9.05 Å². The van der Waals surface area contributed by atoms with Crippen molar-refractivity contribution in [3.63, 3.8) is 0 Å². The van der Waals surface area contributed by atoms with Gasteiger partial charge in [0.15, 0.2) is 0 Å². The van der Waals surface area contributed by atoms with Crippen LogP contribution in [0.25, 0.3) is 0 Å². The normalized spacial score (nSPS) is 11.2. The first-order valence-corrected chi connectivity index (χ1v) is 8.69. The van der Waals surface area contributed by atoms with Crippen LogP contribution < -0.4 is 4.74 Å². The van der Waals surface area contributed by atoms with E-state index in [0.29, 0.717) is 5.75 Å². The zero-order valence-corrected chi connectivity index (χ0v) is 12.4. The minimum atomic E-state index is -3.50. The first-order valence-electron chi connectivity index (χ1n) is 6.21. The van der Waals surface area contributed by atoms with E-state index in [2.05, 4.69) is 12.1 Å². The standard InChI is InChI=1S/C15H15ClO3S/c16-20(17,18)11-10-19-15-8-6-14(7-9-15)12-13-4-2-1-3-5-13/h1-9H,10-12H2. The van der Waals surface area contributed by atoms with Crippen molar-refractivity contribution < 1.29 is 13.2 Å². The van der Waals surface area contributed by atoms with Gasteiger partial charge < -0.3 is 4.74 Å². The summed E-state index contributed by atoms with van der Waals surface area (Å²) in [4.78, 5) is 0. The maximum atomic E-state index is 10.8. The minimum Gasteiger partial charge on any atom is -0.492 e. The average molecular weight is 311 g/mol. The van der Waals surface area contributed by atoms with E-state index >= 15 is 0 Å². The van der Waals surface area contributed by atoms with Crippen LogP contribution in [0.5, 0.6) is 5.75 Å². The summed E-state index contributed by atoms with van der Waals surface area (Å²) in [5, 5.41) is 0. The summed E-state index contributed by atoms with van der Waals surface area (Å²) in [5.41, 5.74) is 2.42. The summed E-state index contributed by atoms with van der Waals surface area (Å²) in [7, 11) is 1.61. The zero-order valence-electron chi connectivity index (χ0n) is 10.8. The molecule has 0 aliphatic rings. The molecule has 0 N–H and O–H groups in total. The largest absolute Gasteiger partial charge is 0.492 e. The molecule has 0 aliphatic carbocycles. The first kappa shape index (κ1) is 14.9. The van der Waals surface area contributed by atoms with Crippen LogP contribution in [0.3, 0.4) is 0 Å². The van der Waals surface area contributed by atoms with Crippen molar-refractivity contribution in [3.8, 4) is 5.75 Å². The van der Waals surface area contributed by atoms with E-state index in [1.807, 2.05) is 42.5 Å². The van der Waals surface area contributed by atoms with Gasteiger partial charge >= 0.3 is 0 Å². The Hall–Kier alpha value is -1.52. The van der Waals surface area contributed by atoms with Gasteiger partial charge in [0.2, 0.25) is 9.05 Å². The SMILES string of the molecule is O=S(=O)(Cl)CCOc1ccc(Cc2ccccc2)cc1. The molecule has 0 bridgehead atoms. The quantitative estimate of drug-likeness (QED) is 0.769. The molecule has 0 atom stereocenters. The highest BCUT2D eigenvalue weighted by molar-refractivity contribution is 8.13. The highest BCUT2D eigenvalue weighted by Crippen LogP contribution is 2.15. The lowest BCUT2D eigenvalue weighted by Gasteiger charge is -2.06. The summed E-state index contributed by atoms with van der Waals surface area (Å²) in [6, 6.07) is 17.8. The Morgan fingerprint density at radius 2 is 1.50 bits per heavy atom. The van der Waals surface area contributed by atoms with Crippen LogP contribution >= 0.6 is 10.7 Å². The summed E-state index contributed by atoms with van der Waals surface area (Å²) in [6.45, 7) is 0.0594. The molecular formula is C15H15ClO3S. The lowest BCUT2D eigenvalue weighted by atomic mass is 10.1. The van der Waals surface area contributed by atoms with Gasteiger partial charge in [-0.2, -0.15) is 0 Å². The molecule has 0 saturated heterocycles. The van der Waals surface area contributed by atoms with Crippen LogP contribution in [0, 0.1) is 0 Å². The van der Waals surface area contributed by atoms with E-state index in [4.69, 9.17) is 15.4 Å². The predicted octanol–water partition coefficient (Wildman–Crippen LogP) is 3.22. The van der Waals surface area contributed by atoms with Crippen LogP contribution in [0.15, 0.2) is 54.6 Å². The fourth-order valence-corrected chi connectivity index (χ4v) is 2.27. The van der Waals surface area contributed by atoms with Crippen molar-refractivity contribution in [1.29, 1.82) is 0 Å². The van der Waals surface area contributed by atoms with Crippen LogP contribution in [-0.4, -0.2) is 20.8 Å². The van der Waals surface area contributed by atoms with Gasteiger partial charge in [-0.1, -0.05) is 42.5 Å². The maximum absolute atomic E-state index is 10.8. The molecule has 0 aliphatic heterocycles. The lowest BCUT2D eigenvalue weighted by molar-refractivity contribution is 0.341. The lowest BCUT2D eigenvalue weighted by Crippen LogP contribution is -2.08. The number of benzene rings is 2. The zero-order chi connectivity index (χ0) is 14.4. The monoisotopic (exact) mass is 310 g/mol. The van der Waals surface area contributed by atoms with Gasteiger partial charge in [-0.3, -0.25) is 0 Å². The molecule has 0 radical (unpaired) electrons. The average Bonchev–Trinajstić information content (AvgIpc) is 2.41. The molecule has 0 spiro atoms. The maximum Gasteiger partial charge on any atom is 0.235 e. The Balaban J connectivity index is 1.90. The topological polar surface area (TPSA) is 43.4 Å². The summed E-state index contributed by atoms with van der Waals surface area (Å²) in [5.74, 6) is 0.447. The molecule has 2 rings (SSSR count). The number of hydrogen-bond acceptors (Lipinski definition) is 3. The van der Waals surface area contributed by atoms with Crippen molar-refractivity contribution in [2.75, 3.05) is 12.4 Å². The predicted molar refractivity (Wildman–Crippen MR) is 80.8 cm³/mol. The first-order chi connectivity index (χ1) is 9.53. The summed E-state index contributed by atoms with van der Waals surface area (Å²) in [6.07, 6.45) is 0.858. The van der Waals surface area contributed by atoms with Gasteiger partial charge in [-0.15, -0.1) is 0 Å².